The third kappa shape index (κ3) is 3.91. The van der Waals surface area contributed by atoms with E-state index < -0.39 is 0 Å². The van der Waals surface area contributed by atoms with Gasteiger partial charge in [0.25, 0.3) is 0 Å². The van der Waals surface area contributed by atoms with Gasteiger partial charge in [0, 0.05) is 16.8 Å². The molecule has 0 radical (unpaired) electrons. The van der Waals surface area contributed by atoms with Crippen molar-refractivity contribution in [2.75, 3.05) is 5.32 Å². The Hall–Kier alpha value is -2.86. The highest BCUT2D eigenvalue weighted by Crippen LogP contribution is 2.25. The maximum absolute atomic E-state index is 11.8. The molecule has 3 rings (SSSR count). The number of amides is 2. The van der Waals surface area contributed by atoms with Gasteiger partial charge in [-0.1, -0.05) is 17.7 Å². The number of nitrogens with zero attached hydrogens (tertiary/aromatic N) is 2. The lowest BCUT2D eigenvalue weighted by Crippen LogP contribution is -2.28. The molecule has 0 fully saturated rings. The molecule has 0 spiro atoms. The number of benzene rings is 1. The molecule has 2 N–H and O–H groups in total. The van der Waals surface area contributed by atoms with Gasteiger partial charge in [0.1, 0.15) is 5.82 Å². The first-order chi connectivity index (χ1) is 11.6. The van der Waals surface area contributed by atoms with E-state index in [9.17, 15) is 4.79 Å². The Labute approximate surface area is 143 Å². The van der Waals surface area contributed by atoms with Crippen LogP contribution in [0, 0.1) is 6.92 Å². The first-order valence-electron chi connectivity index (χ1n) is 7.30. The molecular weight excluding hydrogens is 328 g/mol. The number of carbonyl (C=O) groups excluding carboxylic acids is 1. The number of aryl methyl sites for hydroxylation is 1. The van der Waals surface area contributed by atoms with Gasteiger partial charge < -0.3 is 9.73 Å². The van der Waals surface area contributed by atoms with Crippen molar-refractivity contribution < 1.29 is 9.21 Å². The quantitative estimate of drug-likeness (QED) is 0.750. The van der Waals surface area contributed by atoms with Gasteiger partial charge in [0.2, 0.25) is 5.89 Å². The molecular formula is C17H15ClN4O2. The monoisotopic (exact) mass is 342 g/mol. The zero-order valence-electron chi connectivity index (χ0n) is 12.9. The van der Waals surface area contributed by atoms with Crippen LogP contribution in [-0.4, -0.2) is 16.0 Å². The van der Waals surface area contributed by atoms with Crippen LogP contribution < -0.4 is 10.6 Å². The van der Waals surface area contributed by atoms with Crippen LogP contribution in [0.3, 0.4) is 0 Å². The van der Waals surface area contributed by atoms with Gasteiger partial charge in [-0.3, -0.25) is 5.32 Å². The van der Waals surface area contributed by atoms with Gasteiger partial charge >= 0.3 is 6.03 Å². The minimum Gasteiger partial charge on any atom is -0.438 e. The summed E-state index contributed by atoms with van der Waals surface area (Å²) in [4.78, 5) is 20.2. The van der Waals surface area contributed by atoms with Crippen molar-refractivity contribution in [1.82, 2.24) is 15.3 Å². The number of aromatic nitrogens is 2. The van der Waals surface area contributed by atoms with Crippen LogP contribution in [0.2, 0.25) is 5.02 Å². The van der Waals surface area contributed by atoms with Crippen molar-refractivity contribution in [3.8, 4) is 11.3 Å². The summed E-state index contributed by atoms with van der Waals surface area (Å²) in [5, 5.41) is 5.96. The fourth-order valence-corrected chi connectivity index (χ4v) is 2.28. The molecule has 0 saturated heterocycles. The molecule has 0 atom stereocenters. The van der Waals surface area contributed by atoms with Gasteiger partial charge in [0.15, 0.2) is 5.76 Å². The Balaban J connectivity index is 1.63. The van der Waals surface area contributed by atoms with Crippen molar-refractivity contribution in [2.45, 2.75) is 13.5 Å². The van der Waals surface area contributed by atoms with E-state index in [1.807, 2.05) is 19.1 Å². The van der Waals surface area contributed by atoms with Crippen LogP contribution in [0.15, 0.2) is 53.1 Å². The second-order valence-electron chi connectivity index (χ2n) is 5.05. The summed E-state index contributed by atoms with van der Waals surface area (Å²) in [5.74, 6) is 1.56. The van der Waals surface area contributed by atoms with Crippen molar-refractivity contribution >= 4 is 23.4 Å². The molecule has 7 heteroatoms. The molecule has 0 saturated carbocycles. The minimum absolute atomic E-state index is 0.174. The maximum Gasteiger partial charge on any atom is 0.320 e. The predicted molar refractivity (Wildman–Crippen MR) is 91.8 cm³/mol. The number of nitrogens with one attached hydrogen (secondary N) is 2. The third-order valence-corrected chi connectivity index (χ3v) is 3.51. The average Bonchev–Trinajstić information content (AvgIpc) is 2.95. The molecule has 0 aliphatic rings. The second-order valence-corrected chi connectivity index (χ2v) is 5.49. The summed E-state index contributed by atoms with van der Waals surface area (Å²) in [5.41, 5.74) is 1.63. The Morgan fingerprint density at radius 2 is 2.00 bits per heavy atom. The SMILES string of the molecule is Cc1nc(CNC(=O)Nc2ccccn2)oc1-c1ccc(Cl)cc1. The Kier molecular flexibility index (Phi) is 4.77. The second kappa shape index (κ2) is 7.14. The molecule has 0 unspecified atom stereocenters. The van der Waals surface area contributed by atoms with Gasteiger partial charge in [-0.15, -0.1) is 0 Å². The van der Waals surface area contributed by atoms with Crippen molar-refractivity contribution in [2.24, 2.45) is 0 Å². The average molecular weight is 343 g/mol. The zero-order chi connectivity index (χ0) is 16.9. The highest BCUT2D eigenvalue weighted by Gasteiger charge is 2.12. The molecule has 3 aromatic rings. The van der Waals surface area contributed by atoms with Crippen molar-refractivity contribution in [3.05, 3.63) is 65.3 Å². The van der Waals surface area contributed by atoms with Crippen LogP contribution >= 0.6 is 11.6 Å². The summed E-state index contributed by atoms with van der Waals surface area (Å²) in [6.45, 7) is 2.03. The maximum atomic E-state index is 11.8. The Morgan fingerprint density at radius 3 is 2.71 bits per heavy atom. The molecule has 1 aromatic carbocycles. The highest BCUT2D eigenvalue weighted by atomic mass is 35.5. The number of hydrogen-bond acceptors (Lipinski definition) is 4. The summed E-state index contributed by atoms with van der Waals surface area (Å²) < 4.78 is 5.73. The van der Waals surface area contributed by atoms with E-state index in [0.717, 1.165) is 11.3 Å². The smallest absolute Gasteiger partial charge is 0.320 e. The summed E-state index contributed by atoms with van der Waals surface area (Å²) in [6.07, 6.45) is 1.60. The van der Waals surface area contributed by atoms with Crippen LogP contribution in [0.5, 0.6) is 0 Å². The molecule has 24 heavy (non-hydrogen) atoms. The number of halogens is 1. The van der Waals surface area contributed by atoms with Crippen LogP contribution in [0.25, 0.3) is 11.3 Å². The van der Waals surface area contributed by atoms with Crippen molar-refractivity contribution in [3.63, 3.8) is 0 Å². The Bertz CT molecular complexity index is 832. The van der Waals surface area contributed by atoms with Crippen molar-refractivity contribution in [1.29, 1.82) is 0 Å². The first kappa shape index (κ1) is 16.0. The van der Waals surface area contributed by atoms with Gasteiger partial charge in [0.05, 0.1) is 12.2 Å². The topological polar surface area (TPSA) is 80.0 Å². The van der Waals surface area contributed by atoms with E-state index in [1.54, 1.807) is 36.5 Å². The van der Waals surface area contributed by atoms with E-state index in [2.05, 4.69) is 20.6 Å². The minimum atomic E-state index is -0.377. The lowest BCUT2D eigenvalue weighted by molar-refractivity contribution is 0.250. The van der Waals surface area contributed by atoms with Crippen LogP contribution in [-0.2, 0) is 6.54 Å². The zero-order valence-corrected chi connectivity index (χ0v) is 13.7. The lowest BCUT2D eigenvalue weighted by Gasteiger charge is -2.04. The van der Waals surface area contributed by atoms with E-state index in [0.29, 0.717) is 22.5 Å². The molecule has 0 aliphatic heterocycles. The molecule has 2 amide bonds. The molecule has 122 valence electrons. The fraction of sp³-hybridized carbons (Fsp3) is 0.118. The molecule has 2 aromatic heterocycles. The predicted octanol–water partition coefficient (Wildman–Crippen LogP) is 4.02. The summed E-state index contributed by atoms with van der Waals surface area (Å²) in [7, 11) is 0. The summed E-state index contributed by atoms with van der Waals surface area (Å²) in [6, 6.07) is 12.2. The molecule has 0 aliphatic carbocycles. The van der Waals surface area contributed by atoms with E-state index >= 15 is 0 Å². The first-order valence-corrected chi connectivity index (χ1v) is 7.68. The molecule has 6 nitrogen and oxygen atoms in total. The third-order valence-electron chi connectivity index (χ3n) is 3.25. The standard InChI is InChI=1S/C17H15ClN4O2/c1-11-16(12-5-7-13(18)8-6-12)24-15(21-11)10-20-17(23)22-14-4-2-3-9-19-14/h2-9H,10H2,1H3,(H2,19,20,22,23). The van der Waals surface area contributed by atoms with Crippen LogP contribution in [0.4, 0.5) is 10.6 Å². The number of carbonyl (C=O) groups is 1. The number of urea groups is 1. The number of hydrogen-bond donors (Lipinski definition) is 2. The van der Waals surface area contributed by atoms with Gasteiger partial charge in [-0.25, -0.2) is 14.8 Å². The molecule has 2 heterocycles. The van der Waals surface area contributed by atoms with E-state index in [1.165, 1.54) is 0 Å². The fourth-order valence-electron chi connectivity index (χ4n) is 2.15. The normalized spacial score (nSPS) is 10.4. The summed E-state index contributed by atoms with van der Waals surface area (Å²) >= 11 is 5.89. The van der Waals surface area contributed by atoms with Gasteiger partial charge in [-0.05, 0) is 43.3 Å². The number of oxazole rings is 1. The number of pyridine rings is 1. The number of rotatable bonds is 4. The van der Waals surface area contributed by atoms with Crippen LogP contribution in [0.1, 0.15) is 11.6 Å². The van der Waals surface area contributed by atoms with E-state index in [-0.39, 0.29) is 12.6 Å². The number of anilines is 1. The lowest BCUT2D eigenvalue weighted by atomic mass is 10.1. The largest absolute Gasteiger partial charge is 0.438 e. The van der Waals surface area contributed by atoms with E-state index in [4.69, 9.17) is 16.0 Å². The highest BCUT2D eigenvalue weighted by molar-refractivity contribution is 6.30. The molecule has 0 bridgehead atoms. The Morgan fingerprint density at radius 1 is 1.21 bits per heavy atom. The van der Waals surface area contributed by atoms with Gasteiger partial charge in [-0.2, -0.15) is 0 Å².